The van der Waals surface area contributed by atoms with Crippen molar-refractivity contribution >= 4 is 27.6 Å². The van der Waals surface area contributed by atoms with E-state index in [1.165, 1.54) is 0 Å². The van der Waals surface area contributed by atoms with Gasteiger partial charge in [-0.15, -0.1) is 0 Å². The van der Waals surface area contributed by atoms with Gasteiger partial charge in [-0.3, -0.25) is 0 Å². The van der Waals surface area contributed by atoms with Gasteiger partial charge >= 0.3 is 5.97 Å². The molecule has 0 heterocycles. The summed E-state index contributed by atoms with van der Waals surface area (Å²) in [6, 6.07) is 5.22. The van der Waals surface area contributed by atoms with E-state index in [2.05, 4.69) is 4.72 Å². The van der Waals surface area contributed by atoms with Gasteiger partial charge in [-0.2, -0.15) is 5.26 Å². The van der Waals surface area contributed by atoms with Crippen molar-refractivity contribution in [3.05, 3.63) is 28.8 Å². The molecule has 0 aliphatic carbocycles. The summed E-state index contributed by atoms with van der Waals surface area (Å²) in [5, 5.41) is 17.2. The molecule has 0 saturated heterocycles. The van der Waals surface area contributed by atoms with E-state index in [9.17, 15) is 13.2 Å². The highest BCUT2D eigenvalue weighted by molar-refractivity contribution is 7.89. The lowest BCUT2D eigenvalue weighted by Crippen LogP contribution is -2.28. The molecule has 1 aromatic carbocycles. The van der Waals surface area contributed by atoms with Gasteiger partial charge in [0.2, 0.25) is 10.0 Å². The van der Waals surface area contributed by atoms with Crippen LogP contribution in [0, 0.1) is 17.2 Å². The molecule has 0 fully saturated rings. The molecule has 1 atom stereocenters. The van der Waals surface area contributed by atoms with Crippen LogP contribution in [0.1, 0.15) is 17.3 Å². The van der Waals surface area contributed by atoms with E-state index in [0.29, 0.717) is 0 Å². The van der Waals surface area contributed by atoms with E-state index in [-0.39, 0.29) is 22.0 Å². The van der Waals surface area contributed by atoms with Crippen LogP contribution in [-0.2, 0) is 10.0 Å². The zero-order valence-corrected chi connectivity index (χ0v) is 11.5. The summed E-state index contributed by atoms with van der Waals surface area (Å²) in [7, 11) is -3.81. The molecule has 0 bridgehead atoms. The van der Waals surface area contributed by atoms with Gasteiger partial charge in [0, 0.05) is 6.54 Å². The standard InChI is InChI=1S/C11H11ClN2O4S/c1-7(5-13)6-14-19(17,18)8-2-3-9(11(15)16)10(12)4-8/h2-4,7,14H,6H2,1H3,(H,15,16). The number of carboxylic acids is 1. The molecule has 2 N–H and O–H groups in total. The lowest BCUT2D eigenvalue weighted by molar-refractivity contribution is 0.0697. The fourth-order valence-electron chi connectivity index (χ4n) is 1.20. The topological polar surface area (TPSA) is 107 Å². The van der Waals surface area contributed by atoms with Crippen molar-refractivity contribution in [3.8, 4) is 6.07 Å². The first kappa shape index (κ1) is 15.4. The summed E-state index contributed by atoms with van der Waals surface area (Å²) in [5.41, 5.74) is -0.175. The summed E-state index contributed by atoms with van der Waals surface area (Å²) in [4.78, 5) is 10.6. The van der Waals surface area contributed by atoms with Crippen molar-refractivity contribution in [3.63, 3.8) is 0 Å². The molecular formula is C11H11ClN2O4S. The zero-order valence-electron chi connectivity index (χ0n) is 9.92. The average molecular weight is 303 g/mol. The van der Waals surface area contributed by atoms with E-state index in [1.54, 1.807) is 6.92 Å². The number of carboxylic acid groups (broad SMARTS) is 1. The Labute approximate surface area is 115 Å². The second-order valence-electron chi connectivity index (χ2n) is 3.83. The minimum atomic E-state index is -3.81. The number of nitriles is 1. The van der Waals surface area contributed by atoms with Gasteiger partial charge in [0.05, 0.1) is 27.5 Å². The van der Waals surface area contributed by atoms with Crippen molar-refractivity contribution in [2.75, 3.05) is 6.54 Å². The monoisotopic (exact) mass is 302 g/mol. The summed E-state index contributed by atoms with van der Waals surface area (Å²) < 4.78 is 26.0. The molecule has 0 aromatic heterocycles. The SMILES string of the molecule is CC(C#N)CNS(=O)(=O)c1ccc(C(=O)O)c(Cl)c1. The number of aromatic carboxylic acids is 1. The number of benzene rings is 1. The molecular weight excluding hydrogens is 292 g/mol. The van der Waals surface area contributed by atoms with Crippen LogP contribution in [0.15, 0.2) is 23.1 Å². The third-order valence-electron chi connectivity index (χ3n) is 2.28. The predicted molar refractivity (Wildman–Crippen MR) is 68.4 cm³/mol. The molecule has 0 radical (unpaired) electrons. The summed E-state index contributed by atoms with van der Waals surface area (Å²) in [5.74, 6) is -1.71. The Bertz CT molecular complexity index is 637. The molecule has 0 spiro atoms. The molecule has 102 valence electrons. The number of carbonyl (C=O) groups is 1. The first-order chi connectivity index (χ1) is 8.77. The molecule has 0 aliphatic heterocycles. The molecule has 1 unspecified atom stereocenters. The fraction of sp³-hybridized carbons (Fsp3) is 0.273. The van der Waals surface area contributed by atoms with E-state index in [4.69, 9.17) is 22.0 Å². The second kappa shape index (κ2) is 6.02. The Balaban J connectivity index is 3.00. The van der Waals surface area contributed by atoms with Gasteiger partial charge < -0.3 is 5.11 Å². The number of rotatable bonds is 5. The first-order valence-corrected chi connectivity index (χ1v) is 7.06. The maximum atomic E-state index is 11.9. The van der Waals surface area contributed by atoms with Crippen LogP contribution in [0.2, 0.25) is 5.02 Å². The molecule has 1 aromatic rings. The molecule has 1 rings (SSSR count). The maximum absolute atomic E-state index is 11.9. The maximum Gasteiger partial charge on any atom is 0.337 e. The number of nitrogens with one attached hydrogen (secondary N) is 1. The average Bonchev–Trinajstić information content (AvgIpc) is 2.35. The lowest BCUT2D eigenvalue weighted by atomic mass is 10.2. The Hall–Kier alpha value is -1.62. The number of halogens is 1. The van der Waals surface area contributed by atoms with Crippen molar-refractivity contribution in [2.24, 2.45) is 5.92 Å². The van der Waals surface area contributed by atoms with Crippen LogP contribution < -0.4 is 4.72 Å². The number of nitrogens with zero attached hydrogens (tertiary/aromatic N) is 1. The molecule has 6 nitrogen and oxygen atoms in total. The van der Waals surface area contributed by atoms with E-state index >= 15 is 0 Å². The Kier molecular flexibility index (Phi) is 4.89. The smallest absolute Gasteiger partial charge is 0.337 e. The largest absolute Gasteiger partial charge is 0.478 e. The van der Waals surface area contributed by atoms with Crippen molar-refractivity contribution in [2.45, 2.75) is 11.8 Å². The predicted octanol–water partition coefficient (Wildman–Crippen LogP) is 1.48. The highest BCUT2D eigenvalue weighted by Crippen LogP contribution is 2.20. The fourth-order valence-corrected chi connectivity index (χ4v) is 2.68. The Morgan fingerprint density at radius 3 is 2.68 bits per heavy atom. The normalized spacial score (nSPS) is 12.7. The third-order valence-corrected chi connectivity index (χ3v) is 4.02. The zero-order chi connectivity index (χ0) is 14.6. The molecule has 0 aliphatic rings. The Morgan fingerprint density at radius 2 is 2.21 bits per heavy atom. The van der Waals surface area contributed by atoms with Gasteiger partial charge in [0.15, 0.2) is 0 Å². The lowest BCUT2D eigenvalue weighted by Gasteiger charge is -2.08. The van der Waals surface area contributed by atoms with Crippen LogP contribution in [0.3, 0.4) is 0 Å². The van der Waals surface area contributed by atoms with Gasteiger partial charge in [0.25, 0.3) is 0 Å². The number of sulfonamides is 1. The van der Waals surface area contributed by atoms with Gasteiger partial charge in [-0.05, 0) is 25.1 Å². The third kappa shape index (κ3) is 3.92. The highest BCUT2D eigenvalue weighted by atomic mass is 35.5. The van der Waals surface area contributed by atoms with Crippen LogP contribution in [0.5, 0.6) is 0 Å². The molecule has 0 amide bonds. The molecule has 19 heavy (non-hydrogen) atoms. The number of hydrogen-bond acceptors (Lipinski definition) is 4. The van der Waals surface area contributed by atoms with E-state index < -0.39 is 21.9 Å². The summed E-state index contributed by atoms with van der Waals surface area (Å²) in [6.45, 7) is 1.54. The summed E-state index contributed by atoms with van der Waals surface area (Å²) >= 11 is 5.70. The van der Waals surface area contributed by atoms with Gasteiger partial charge in [-0.25, -0.2) is 17.9 Å². The van der Waals surface area contributed by atoms with Crippen molar-refractivity contribution < 1.29 is 18.3 Å². The minimum Gasteiger partial charge on any atom is -0.478 e. The highest BCUT2D eigenvalue weighted by Gasteiger charge is 2.18. The molecule has 0 saturated carbocycles. The minimum absolute atomic E-state index is 0.0306. The number of hydrogen-bond donors (Lipinski definition) is 2. The van der Waals surface area contributed by atoms with Gasteiger partial charge in [0.1, 0.15) is 0 Å². The van der Waals surface area contributed by atoms with Crippen LogP contribution >= 0.6 is 11.6 Å². The van der Waals surface area contributed by atoms with Gasteiger partial charge in [-0.1, -0.05) is 11.6 Å². The van der Waals surface area contributed by atoms with Crippen LogP contribution in [-0.4, -0.2) is 26.0 Å². The van der Waals surface area contributed by atoms with Crippen LogP contribution in [0.25, 0.3) is 0 Å². The quantitative estimate of drug-likeness (QED) is 0.856. The van der Waals surface area contributed by atoms with Crippen molar-refractivity contribution in [1.29, 1.82) is 5.26 Å². The van der Waals surface area contributed by atoms with E-state index in [0.717, 1.165) is 18.2 Å². The molecule has 8 heteroatoms. The van der Waals surface area contributed by atoms with Crippen LogP contribution in [0.4, 0.5) is 0 Å². The van der Waals surface area contributed by atoms with E-state index in [1.807, 2.05) is 6.07 Å². The second-order valence-corrected chi connectivity index (χ2v) is 6.00. The van der Waals surface area contributed by atoms with Crippen molar-refractivity contribution in [1.82, 2.24) is 4.72 Å². The summed E-state index contributed by atoms with van der Waals surface area (Å²) in [6.07, 6.45) is 0. The Morgan fingerprint density at radius 1 is 1.58 bits per heavy atom. The first-order valence-electron chi connectivity index (χ1n) is 5.20.